The van der Waals surface area contributed by atoms with Crippen molar-refractivity contribution in [3.63, 3.8) is 0 Å². The number of methoxy groups -OCH3 is 2. The van der Waals surface area contributed by atoms with Gasteiger partial charge in [0.05, 0.1) is 14.2 Å². The van der Waals surface area contributed by atoms with Gasteiger partial charge in [-0.1, -0.05) is 133 Å². The SMILES string of the molecule is COc1ccccc1P(c1ccccc1)c1ccccc1Oc1ccccc1P(c1ccccc1)c1ccccc1OC. The van der Waals surface area contributed by atoms with Crippen LogP contribution < -0.4 is 46.0 Å². The van der Waals surface area contributed by atoms with Crippen LogP contribution in [0.2, 0.25) is 0 Å². The molecule has 0 fully saturated rings. The average Bonchev–Trinajstić information content (AvgIpc) is 3.08. The Morgan fingerprint density at radius 1 is 0.326 bits per heavy atom. The van der Waals surface area contributed by atoms with Gasteiger partial charge in [0.2, 0.25) is 0 Å². The first kappa shape index (κ1) is 28.7. The Morgan fingerprint density at radius 3 is 0.953 bits per heavy atom. The van der Waals surface area contributed by atoms with E-state index in [9.17, 15) is 0 Å². The van der Waals surface area contributed by atoms with Crippen molar-refractivity contribution in [2.75, 3.05) is 14.2 Å². The fraction of sp³-hybridized carbons (Fsp3) is 0.0526. The molecule has 0 heterocycles. The predicted octanol–water partition coefficient (Wildman–Crippen LogP) is 7.01. The largest absolute Gasteiger partial charge is 0.496 e. The van der Waals surface area contributed by atoms with Crippen molar-refractivity contribution in [3.05, 3.63) is 158 Å². The van der Waals surface area contributed by atoms with Crippen LogP contribution in [0.3, 0.4) is 0 Å². The number of hydrogen-bond donors (Lipinski definition) is 0. The minimum Gasteiger partial charge on any atom is -0.496 e. The molecule has 0 aromatic heterocycles. The molecule has 3 nitrogen and oxygen atoms in total. The van der Waals surface area contributed by atoms with Crippen LogP contribution in [0, 0.1) is 0 Å². The Morgan fingerprint density at radius 2 is 0.605 bits per heavy atom. The standard InChI is InChI=1S/C38H32O3P2/c1-39-31-21-9-13-25-35(31)42(29-17-5-3-6-18-29)37-27-15-11-23-33(37)41-34-24-12-16-28-38(34)43(30-19-7-4-8-20-30)36-26-14-10-22-32(36)40-2/h3-28H,1-2H3. The van der Waals surface area contributed by atoms with Crippen molar-refractivity contribution in [1.29, 1.82) is 0 Å². The lowest BCUT2D eigenvalue weighted by Crippen LogP contribution is -2.25. The van der Waals surface area contributed by atoms with Gasteiger partial charge in [-0.25, -0.2) is 0 Å². The van der Waals surface area contributed by atoms with Gasteiger partial charge >= 0.3 is 0 Å². The molecule has 2 unspecified atom stereocenters. The summed E-state index contributed by atoms with van der Waals surface area (Å²) in [5.41, 5.74) is 0. The van der Waals surface area contributed by atoms with E-state index in [2.05, 4.69) is 121 Å². The monoisotopic (exact) mass is 598 g/mol. The second kappa shape index (κ2) is 13.7. The van der Waals surface area contributed by atoms with Crippen molar-refractivity contribution >= 4 is 47.7 Å². The van der Waals surface area contributed by atoms with Crippen molar-refractivity contribution in [3.8, 4) is 23.0 Å². The molecule has 0 spiro atoms. The molecule has 6 aromatic rings. The van der Waals surface area contributed by atoms with Gasteiger partial charge in [-0.3, -0.25) is 0 Å². The highest BCUT2D eigenvalue weighted by Gasteiger charge is 2.26. The van der Waals surface area contributed by atoms with E-state index in [0.717, 1.165) is 44.2 Å². The zero-order valence-corrected chi connectivity index (χ0v) is 25.9. The molecular weight excluding hydrogens is 566 g/mol. The fourth-order valence-corrected chi connectivity index (χ4v) is 10.1. The first-order chi connectivity index (χ1) is 21.3. The molecule has 0 aliphatic carbocycles. The molecule has 0 radical (unpaired) electrons. The number of hydrogen-bond acceptors (Lipinski definition) is 3. The van der Waals surface area contributed by atoms with Crippen LogP contribution in [0.5, 0.6) is 23.0 Å². The number of ether oxygens (including phenoxy) is 3. The molecule has 6 aromatic carbocycles. The third-order valence-electron chi connectivity index (χ3n) is 7.11. The molecule has 0 saturated heterocycles. The first-order valence-corrected chi connectivity index (χ1v) is 16.8. The topological polar surface area (TPSA) is 27.7 Å². The van der Waals surface area contributed by atoms with E-state index >= 15 is 0 Å². The molecule has 0 aliphatic heterocycles. The summed E-state index contributed by atoms with van der Waals surface area (Å²) in [6, 6.07) is 54.7. The lowest BCUT2D eigenvalue weighted by atomic mass is 10.3. The van der Waals surface area contributed by atoms with Crippen LogP contribution >= 0.6 is 15.8 Å². The Bertz CT molecular complexity index is 1660. The van der Waals surface area contributed by atoms with E-state index in [1.807, 2.05) is 36.4 Å². The summed E-state index contributed by atoms with van der Waals surface area (Å²) in [5, 5.41) is 7.01. The van der Waals surface area contributed by atoms with E-state index < -0.39 is 15.8 Å². The highest BCUT2D eigenvalue weighted by atomic mass is 31.1. The number of para-hydroxylation sites is 4. The van der Waals surface area contributed by atoms with Crippen LogP contribution in [0.4, 0.5) is 0 Å². The molecule has 0 amide bonds. The fourth-order valence-electron chi connectivity index (χ4n) is 5.17. The maximum absolute atomic E-state index is 6.99. The quantitative estimate of drug-likeness (QED) is 0.159. The van der Waals surface area contributed by atoms with E-state index in [1.54, 1.807) is 14.2 Å². The maximum Gasteiger partial charge on any atom is 0.135 e. The molecule has 5 heteroatoms. The summed E-state index contributed by atoms with van der Waals surface area (Å²) >= 11 is 0. The Balaban J connectivity index is 1.50. The Kier molecular flexibility index (Phi) is 9.14. The van der Waals surface area contributed by atoms with Crippen LogP contribution in [-0.4, -0.2) is 14.2 Å². The molecule has 0 aliphatic rings. The minimum atomic E-state index is -0.975. The second-order valence-corrected chi connectivity index (χ2v) is 14.0. The average molecular weight is 599 g/mol. The van der Waals surface area contributed by atoms with Gasteiger partial charge in [-0.2, -0.15) is 0 Å². The van der Waals surface area contributed by atoms with Crippen LogP contribution in [-0.2, 0) is 0 Å². The van der Waals surface area contributed by atoms with Crippen LogP contribution in [0.25, 0.3) is 0 Å². The molecule has 212 valence electrons. The van der Waals surface area contributed by atoms with Gasteiger partial charge < -0.3 is 14.2 Å². The van der Waals surface area contributed by atoms with Crippen molar-refractivity contribution < 1.29 is 14.2 Å². The van der Waals surface area contributed by atoms with Gasteiger partial charge in [0, 0.05) is 21.2 Å². The molecule has 2 atom stereocenters. The van der Waals surface area contributed by atoms with Crippen LogP contribution in [0.1, 0.15) is 0 Å². The third-order valence-corrected chi connectivity index (χ3v) is 12.1. The molecular formula is C38H32O3P2. The maximum atomic E-state index is 6.99. The van der Waals surface area contributed by atoms with Gasteiger partial charge in [-0.15, -0.1) is 0 Å². The van der Waals surface area contributed by atoms with Crippen molar-refractivity contribution in [2.24, 2.45) is 0 Å². The van der Waals surface area contributed by atoms with Gasteiger partial charge in [0.1, 0.15) is 23.0 Å². The second-order valence-electron chi connectivity index (χ2n) is 9.72. The zero-order chi connectivity index (χ0) is 29.4. The normalized spacial score (nSPS) is 12.2. The molecule has 0 bridgehead atoms. The summed E-state index contributed by atoms with van der Waals surface area (Å²) in [7, 11) is 1.52. The van der Waals surface area contributed by atoms with E-state index in [0.29, 0.717) is 0 Å². The minimum absolute atomic E-state index is 0.832. The summed E-state index contributed by atoms with van der Waals surface area (Å²) in [6.07, 6.45) is 0. The Hall–Kier alpha value is -4.42. The zero-order valence-electron chi connectivity index (χ0n) is 24.1. The van der Waals surface area contributed by atoms with Gasteiger partial charge in [0.25, 0.3) is 0 Å². The molecule has 43 heavy (non-hydrogen) atoms. The highest BCUT2D eigenvalue weighted by molar-refractivity contribution is 7.80. The molecule has 6 rings (SSSR count). The third kappa shape index (κ3) is 6.20. The summed E-state index contributed by atoms with van der Waals surface area (Å²) in [6.45, 7) is 0. The smallest absolute Gasteiger partial charge is 0.135 e. The molecule has 0 saturated carbocycles. The number of benzene rings is 6. The van der Waals surface area contributed by atoms with E-state index in [-0.39, 0.29) is 0 Å². The first-order valence-electron chi connectivity index (χ1n) is 14.1. The highest BCUT2D eigenvalue weighted by Crippen LogP contribution is 2.43. The van der Waals surface area contributed by atoms with Gasteiger partial charge in [-0.05, 0) is 50.7 Å². The summed E-state index contributed by atoms with van der Waals surface area (Å²) < 4.78 is 18.7. The lowest BCUT2D eigenvalue weighted by Gasteiger charge is -2.26. The van der Waals surface area contributed by atoms with E-state index in [1.165, 1.54) is 10.6 Å². The predicted molar refractivity (Wildman–Crippen MR) is 183 cm³/mol. The number of rotatable bonds is 10. The summed E-state index contributed by atoms with van der Waals surface area (Å²) in [5.74, 6) is 3.41. The lowest BCUT2D eigenvalue weighted by molar-refractivity contribution is 0.418. The van der Waals surface area contributed by atoms with E-state index in [4.69, 9.17) is 14.2 Å². The molecule has 0 N–H and O–H groups in total. The Labute approximate surface area is 256 Å². The van der Waals surface area contributed by atoms with Crippen LogP contribution in [0.15, 0.2) is 158 Å². The summed E-state index contributed by atoms with van der Waals surface area (Å²) in [4.78, 5) is 0. The van der Waals surface area contributed by atoms with Crippen molar-refractivity contribution in [1.82, 2.24) is 0 Å². The van der Waals surface area contributed by atoms with Gasteiger partial charge in [0.15, 0.2) is 0 Å². The van der Waals surface area contributed by atoms with Crippen molar-refractivity contribution in [2.45, 2.75) is 0 Å².